The van der Waals surface area contributed by atoms with Crippen LogP contribution in [0.3, 0.4) is 0 Å². The Bertz CT molecular complexity index is 745. The number of rotatable bonds is 3. The van der Waals surface area contributed by atoms with Gasteiger partial charge in [-0.15, -0.1) is 11.3 Å². The second-order valence-electron chi connectivity index (χ2n) is 7.69. The van der Waals surface area contributed by atoms with E-state index in [-0.39, 0.29) is 0 Å². The molecule has 1 aliphatic heterocycles. The third-order valence-electron chi connectivity index (χ3n) is 6.22. The Morgan fingerprint density at radius 2 is 1.96 bits per heavy atom. The standard InChI is InChI=1S/C20H27N3OS/c1-2-16-18(3-1)25-20-19(16)17(8-9-21-20)22-14-4-6-15(7-5-14)23-10-12-24-13-11-23/h8-9,14-15H,1-7,10-13H2,(H,21,22). The molecule has 0 atom stereocenters. The molecule has 0 aromatic carbocycles. The molecule has 2 fully saturated rings. The Morgan fingerprint density at radius 1 is 1.12 bits per heavy atom. The number of pyridine rings is 1. The van der Waals surface area contributed by atoms with E-state index >= 15 is 0 Å². The number of aromatic nitrogens is 1. The Kier molecular flexibility index (Phi) is 4.40. The minimum atomic E-state index is 0.611. The molecule has 5 rings (SSSR count). The number of morpholine rings is 1. The molecule has 2 aromatic heterocycles. The third-order valence-corrected chi connectivity index (χ3v) is 7.42. The predicted molar refractivity (Wildman–Crippen MR) is 104 cm³/mol. The first-order valence-corrected chi connectivity index (χ1v) is 10.7. The van der Waals surface area contributed by atoms with Crippen LogP contribution >= 0.6 is 11.3 Å². The molecule has 134 valence electrons. The molecule has 3 heterocycles. The topological polar surface area (TPSA) is 37.4 Å². The first-order valence-electron chi connectivity index (χ1n) is 9.86. The minimum absolute atomic E-state index is 0.611. The number of ether oxygens (including phenoxy) is 1. The van der Waals surface area contributed by atoms with Crippen LogP contribution < -0.4 is 5.32 Å². The average molecular weight is 358 g/mol. The fourth-order valence-corrected chi connectivity index (χ4v) is 6.15. The van der Waals surface area contributed by atoms with Crippen LogP contribution in [0.15, 0.2) is 12.3 Å². The smallest absolute Gasteiger partial charge is 0.125 e. The molecule has 0 unspecified atom stereocenters. The average Bonchev–Trinajstić information content (AvgIpc) is 3.24. The van der Waals surface area contributed by atoms with Gasteiger partial charge in [-0.25, -0.2) is 4.98 Å². The largest absolute Gasteiger partial charge is 0.382 e. The van der Waals surface area contributed by atoms with E-state index in [1.54, 1.807) is 10.4 Å². The first kappa shape index (κ1) is 16.0. The maximum absolute atomic E-state index is 5.50. The Morgan fingerprint density at radius 3 is 2.80 bits per heavy atom. The maximum Gasteiger partial charge on any atom is 0.125 e. The Labute approximate surface area is 153 Å². The molecule has 1 N–H and O–H groups in total. The highest BCUT2D eigenvalue weighted by molar-refractivity contribution is 7.19. The van der Waals surface area contributed by atoms with Gasteiger partial charge in [0.15, 0.2) is 0 Å². The van der Waals surface area contributed by atoms with Crippen LogP contribution in [0.1, 0.15) is 42.5 Å². The van der Waals surface area contributed by atoms with E-state index in [0.717, 1.165) is 32.3 Å². The zero-order valence-electron chi connectivity index (χ0n) is 14.8. The first-order chi connectivity index (χ1) is 12.4. The number of hydrogen-bond donors (Lipinski definition) is 1. The van der Waals surface area contributed by atoms with Gasteiger partial charge in [0.05, 0.1) is 13.2 Å². The van der Waals surface area contributed by atoms with Gasteiger partial charge < -0.3 is 10.1 Å². The van der Waals surface area contributed by atoms with Crippen LogP contribution in [0.4, 0.5) is 5.69 Å². The molecule has 3 aliphatic rings. The van der Waals surface area contributed by atoms with Crippen LogP contribution in [0.5, 0.6) is 0 Å². The lowest BCUT2D eigenvalue weighted by Gasteiger charge is -2.39. The van der Waals surface area contributed by atoms with Crippen molar-refractivity contribution in [1.82, 2.24) is 9.88 Å². The van der Waals surface area contributed by atoms with E-state index in [0.29, 0.717) is 6.04 Å². The van der Waals surface area contributed by atoms with Gasteiger partial charge in [0, 0.05) is 47.3 Å². The van der Waals surface area contributed by atoms with Gasteiger partial charge in [0.1, 0.15) is 4.83 Å². The van der Waals surface area contributed by atoms with Crippen LogP contribution in [-0.4, -0.2) is 48.3 Å². The zero-order valence-corrected chi connectivity index (χ0v) is 15.6. The summed E-state index contributed by atoms with van der Waals surface area (Å²) in [5, 5.41) is 5.31. The molecule has 5 heteroatoms. The summed E-state index contributed by atoms with van der Waals surface area (Å²) >= 11 is 1.91. The van der Waals surface area contributed by atoms with Crippen molar-refractivity contribution in [2.24, 2.45) is 0 Å². The fourth-order valence-electron chi connectivity index (χ4n) is 4.89. The molecule has 2 aliphatic carbocycles. The van der Waals surface area contributed by atoms with Gasteiger partial charge in [-0.1, -0.05) is 0 Å². The number of nitrogens with zero attached hydrogens (tertiary/aromatic N) is 2. The van der Waals surface area contributed by atoms with E-state index < -0.39 is 0 Å². The second-order valence-corrected chi connectivity index (χ2v) is 8.78. The molecular formula is C20H27N3OS. The summed E-state index contributed by atoms with van der Waals surface area (Å²) in [6.45, 7) is 4.07. The van der Waals surface area contributed by atoms with Gasteiger partial charge in [0.2, 0.25) is 0 Å². The van der Waals surface area contributed by atoms with E-state index in [1.807, 2.05) is 17.5 Å². The van der Waals surface area contributed by atoms with E-state index in [1.165, 1.54) is 60.8 Å². The monoisotopic (exact) mass is 357 g/mol. The zero-order chi connectivity index (χ0) is 16.6. The number of fused-ring (bicyclic) bond motifs is 3. The molecule has 1 saturated heterocycles. The molecule has 0 amide bonds. The molecule has 0 bridgehead atoms. The van der Waals surface area contributed by atoms with Gasteiger partial charge in [-0.2, -0.15) is 0 Å². The van der Waals surface area contributed by atoms with Crippen molar-refractivity contribution in [1.29, 1.82) is 0 Å². The highest BCUT2D eigenvalue weighted by Gasteiger charge is 2.28. The van der Waals surface area contributed by atoms with Crippen molar-refractivity contribution in [3.05, 3.63) is 22.7 Å². The number of nitrogens with one attached hydrogen (secondary N) is 1. The highest BCUT2D eigenvalue weighted by Crippen LogP contribution is 2.40. The number of anilines is 1. The number of thiophene rings is 1. The minimum Gasteiger partial charge on any atom is -0.382 e. The van der Waals surface area contributed by atoms with Crippen LogP contribution in [-0.2, 0) is 17.6 Å². The Balaban J connectivity index is 1.28. The molecule has 25 heavy (non-hydrogen) atoms. The van der Waals surface area contributed by atoms with E-state index in [4.69, 9.17) is 4.74 Å². The second kappa shape index (κ2) is 6.86. The summed E-state index contributed by atoms with van der Waals surface area (Å²) in [5.41, 5.74) is 2.91. The lowest BCUT2D eigenvalue weighted by Crippen LogP contribution is -2.46. The number of aryl methyl sites for hydroxylation is 2. The van der Waals surface area contributed by atoms with Crippen molar-refractivity contribution in [3.63, 3.8) is 0 Å². The number of hydrogen-bond acceptors (Lipinski definition) is 5. The molecule has 2 aromatic rings. The SMILES string of the molecule is c1cc(NC2CCC(N3CCOCC3)CC2)c2c3c(sc2n1)CCC3. The lowest BCUT2D eigenvalue weighted by atomic mass is 9.89. The molecule has 0 radical (unpaired) electrons. The van der Waals surface area contributed by atoms with Crippen LogP contribution in [0.2, 0.25) is 0 Å². The van der Waals surface area contributed by atoms with E-state index in [9.17, 15) is 0 Å². The van der Waals surface area contributed by atoms with Crippen molar-refractivity contribution in [2.75, 3.05) is 31.6 Å². The summed E-state index contributed by atoms with van der Waals surface area (Å²) in [6.07, 6.45) is 11.0. The normalized spacial score (nSPS) is 27.5. The van der Waals surface area contributed by atoms with Gasteiger partial charge in [0.25, 0.3) is 0 Å². The third kappa shape index (κ3) is 3.07. The maximum atomic E-state index is 5.50. The van der Waals surface area contributed by atoms with Crippen molar-refractivity contribution in [3.8, 4) is 0 Å². The molecule has 1 saturated carbocycles. The van der Waals surface area contributed by atoms with Gasteiger partial charge >= 0.3 is 0 Å². The van der Waals surface area contributed by atoms with Gasteiger partial charge in [-0.3, -0.25) is 4.90 Å². The highest BCUT2D eigenvalue weighted by atomic mass is 32.1. The van der Waals surface area contributed by atoms with Crippen LogP contribution in [0, 0.1) is 0 Å². The fraction of sp³-hybridized carbons (Fsp3) is 0.650. The van der Waals surface area contributed by atoms with E-state index in [2.05, 4.69) is 21.3 Å². The summed E-state index contributed by atoms with van der Waals surface area (Å²) < 4.78 is 5.50. The van der Waals surface area contributed by atoms with Crippen molar-refractivity contribution >= 4 is 27.2 Å². The molecule has 0 spiro atoms. The van der Waals surface area contributed by atoms with Crippen molar-refractivity contribution in [2.45, 2.75) is 57.0 Å². The predicted octanol–water partition coefficient (Wildman–Crippen LogP) is 3.84. The summed E-state index contributed by atoms with van der Waals surface area (Å²) in [6, 6.07) is 3.58. The summed E-state index contributed by atoms with van der Waals surface area (Å²) in [5.74, 6) is 0. The van der Waals surface area contributed by atoms with Gasteiger partial charge in [-0.05, 0) is 56.6 Å². The summed E-state index contributed by atoms with van der Waals surface area (Å²) in [4.78, 5) is 10.1. The molecular weight excluding hydrogens is 330 g/mol. The quantitative estimate of drug-likeness (QED) is 0.906. The van der Waals surface area contributed by atoms with Crippen molar-refractivity contribution < 1.29 is 4.74 Å². The summed E-state index contributed by atoms with van der Waals surface area (Å²) in [7, 11) is 0. The Hall–Kier alpha value is -1.17. The molecule has 4 nitrogen and oxygen atoms in total. The lowest BCUT2D eigenvalue weighted by molar-refractivity contribution is 0.00791. The van der Waals surface area contributed by atoms with Crippen LogP contribution in [0.25, 0.3) is 10.2 Å².